The molecule has 0 aliphatic carbocycles. The number of fused-ring (bicyclic) bond motifs is 1. The summed E-state index contributed by atoms with van der Waals surface area (Å²) < 4.78 is 18.3. The van der Waals surface area contributed by atoms with E-state index in [1.165, 1.54) is 0 Å². The Balaban J connectivity index is 1.49. The highest BCUT2D eigenvalue weighted by Gasteiger charge is 2.21. The Kier molecular flexibility index (Phi) is 5.31. The van der Waals surface area contributed by atoms with Crippen LogP contribution in [0.25, 0.3) is 5.69 Å². The van der Waals surface area contributed by atoms with E-state index in [0.29, 0.717) is 35.8 Å². The molecule has 2 heterocycles. The summed E-state index contributed by atoms with van der Waals surface area (Å²) in [4.78, 5) is 25.2. The maximum absolute atomic E-state index is 12.7. The summed E-state index contributed by atoms with van der Waals surface area (Å²) in [5.41, 5.74) is 4.68. The Hall–Kier alpha value is -3.54. The van der Waals surface area contributed by atoms with E-state index in [2.05, 4.69) is 0 Å². The van der Waals surface area contributed by atoms with Gasteiger partial charge in [0.15, 0.2) is 23.9 Å². The Morgan fingerprint density at radius 2 is 1.70 bits per heavy atom. The molecule has 0 atom stereocenters. The van der Waals surface area contributed by atoms with Gasteiger partial charge in [-0.2, -0.15) is 0 Å². The molecule has 2 aromatic carbocycles. The van der Waals surface area contributed by atoms with Crippen molar-refractivity contribution >= 4 is 11.8 Å². The third-order valence-corrected chi connectivity index (χ3v) is 5.21. The summed E-state index contributed by atoms with van der Waals surface area (Å²) in [7, 11) is 0. The summed E-state index contributed by atoms with van der Waals surface area (Å²) in [5.74, 6) is 0.320. The zero-order chi connectivity index (χ0) is 21.3. The third kappa shape index (κ3) is 3.68. The Labute approximate surface area is 175 Å². The number of hydrogen-bond donors (Lipinski definition) is 0. The Bertz CT molecular complexity index is 1130. The minimum atomic E-state index is -0.520. The van der Waals surface area contributed by atoms with Crippen molar-refractivity contribution in [3.63, 3.8) is 0 Å². The smallest absolute Gasteiger partial charge is 0.340 e. The quantitative estimate of drug-likeness (QED) is 0.470. The number of esters is 1. The number of nitrogens with zero attached hydrogens (tertiary/aromatic N) is 1. The van der Waals surface area contributed by atoms with Crippen LogP contribution in [0.2, 0.25) is 0 Å². The average molecular weight is 405 g/mol. The molecule has 6 nitrogen and oxygen atoms in total. The molecule has 1 aromatic heterocycles. The molecule has 0 fully saturated rings. The molecule has 0 bridgehead atoms. The number of benzene rings is 2. The van der Waals surface area contributed by atoms with Crippen LogP contribution in [0.1, 0.15) is 37.7 Å². The van der Waals surface area contributed by atoms with Crippen molar-refractivity contribution in [2.75, 3.05) is 19.8 Å². The number of para-hydroxylation sites is 1. The highest BCUT2D eigenvalue weighted by molar-refractivity contribution is 6.00. The van der Waals surface area contributed by atoms with Gasteiger partial charge >= 0.3 is 5.97 Å². The summed E-state index contributed by atoms with van der Waals surface area (Å²) >= 11 is 0. The van der Waals surface area contributed by atoms with E-state index in [1.54, 1.807) is 24.3 Å². The van der Waals surface area contributed by atoms with Crippen molar-refractivity contribution < 1.29 is 23.8 Å². The maximum Gasteiger partial charge on any atom is 0.340 e. The number of carbonyl (C=O) groups is 2. The minimum absolute atomic E-state index is 0.298. The molecule has 1 aliphatic rings. The summed E-state index contributed by atoms with van der Waals surface area (Å²) in [6.07, 6.45) is 0. The fourth-order valence-corrected chi connectivity index (χ4v) is 3.66. The lowest BCUT2D eigenvalue weighted by Gasteiger charge is -2.18. The standard InChI is InChI=1S/C24H23NO5/c1-15-6-4-5-7-20(15)25-16(2)12-19(17(25)3)24(27)30-14-21(26)18-8-9-22-23(13-18)29-11-10-28-22/h4-9,12-13H,10-11,14H2,1-3H3. The second-order valence-corrected chi connectivity index (χ2v) is 7.26. The lowest BCUT2D eigenvalue weighted by atomic mass is 10.1. The van der Waals surface area contributed by atoms with E-state index in [0.717, 1.165) is 22.6 Å². The molecule has 0 saturated carbocycles. The zero-order valence-electron chi connectivity index (χ0n) is 17.2. The van der Waals surface area contributed by atoms with Gasteiger partial charge in [-0.3, -0.25) is 4.79 Å². The van der Waals surface area contributed by atoms with Crippen LogP contribution in [0.15, 0.2) is 48.5 Å². The van der Waals surface area contributed by atoms with Crippen molar-refractivity contribution in [3.8, 4) is 17.2 Å². The SMILES string of the molecule is Cc1ccccc1-n1c(C)cc(C(=O)OCC(=O)c2ccc3c(c2)OCCO3)c1C. The molecule has 0 spiro atoms. The monoisotopic (exact) mass is 405 g/mol. The molecule has 1 aliphatic heterocycles. The molecule has 0 saturated heterocycles. The summed E-state index contributed by atoms with van der Waals surface area (Å²) in [5, 5.41) is 0. The third-order valence-electron chi connectivity index (χ3n) is 5.21. The van der Waals surface area contributed by atoms with Gasteiger partial charge in [-0.05, 0) is 56.7 Å². The first-order valence-electron chi connectivity index (χ1n) is 9.80. The first kappa shape index (κ1) is 19.8. The number of aryl methyl sites for hydroxylation is 2. The number of hydrogen-bond acceptors (Lipinski definition) is 5. The number of carbonyl (C=O) groups excluding carboxylic acids is 2. The lowest BCUT2D eigenvalue weighted by molar-refractivity contribution is 0.0474. The molecule has 4 rings (SSSR count). The van der Waals surface area contributed by atoms with Gasteiger partial charge in [0.1, 0.15) is 13.2 Å². The van der Waals surface area contributed by atoms with Gasteiger partial charge in [-0.1, -0.05) is 18.2 Å². The van der Waals surface area contributed by atoms with Crippen LogP contribution in [-0.4, -0.2) is 36.1 Å². The molecular weight excluding hydrogens is 382 g/mol. The van der Waals surface area contributed by atoms with Gasteiger partial charge in [0.25, 0.3) is 0 Å². The topological polar surface area (TPSA) is 66.8 Å². The van der Waals surface area contributed by atoms with Gasteiger partial charge < -0.3 is 18.8 Å². The molecule has 0 N–H and O–H groups in total. The predicted molar refractivity (Wildman–Crippen MR) is 112 cm³/mol. The number of Topliss-reactive ketones (excluding diaryl/α,β-unsaturated/α-hetero) is 1. The van der Waals surface area contributed by atoms with E-state index < -0.39 is 5.97 Å². The van der Waals surface area contributed by atoms with Crippen molar-refractivity contribution in [3.05, 3.63) is 76.6 Å². The summed E-state index contributed by atoms with van der Waals surface area (Å²) in [6, 6.07) is 14.7. The number of rotatable bonds is 5. The molecule has 0 amide bonds. The van der Waals surface area contributed by atoms with Crippen molar-refractivity contribution in [2.24, 2.45) is 0 Å². The molecule has 30 heavy (non-hydrogen) atoms. The van der Waals surface area contributed by atoms with Gasteiger partial charge in [-0.15, -0.1) is 0 Å². The first-order valence-corrected chi connectivity index (χ1v) is 9.80. The highest BCUT2D eigenvalue weighted by atomic mass is 16.6. The summed E-state index contributed by atoms with van der Waals surface area (Å²) in [6.45, 7) is 6.43. The molecule has 3 aromatic rings. The Morgan fingerprint density at radius 3 is 2.47 bits per heavy atom. The maximum atomic E-state index is 12.7. The van der Waals surface area contributed by atoms with Crippen LogP contribution in [0.3, 0.4) is 0 Å². The number of ketones is 1. The van der Waals surface area contributed by atoms with Crippen molar-refractivity contribution in [1.82, 2.24) is 4.57 Å². The van der Waals surface area contributed by atoms with Gasteiger partial charge in [-0.25, -0.2) is 4.79 Å². The first-order chi connectivity index (χ1) is 14.5. The van der Waals surface area contributed by atoms with Crippen LogP contribution in [0.5, 0.6) is 11.5 Å². The largest absolute Gasteiger partial charge is 0.486 e. The molecular formula is C24H23NO5. The fourth-order valence-electron chi connectivity index (χ4n) is 3.66. The van der Waals surface area contributed by atoms with E-state index >= 15 is 0 Å². The second-order valence-electron chi connectivity index (χ2n) is 7.26. The van der Waals surface area contributed by atoms with Crippen molar-refractivity contribution in [2.45, 2.75) is 20.8 Å². The fraction of sp³-hybridized carbons (Fsp3) is 0.250. The molecule has 154 valence electrons. The second kappa shape index (κ2) is 8.06. The average Bonchev–Trinajstić information content (AvgIpc) is 3.05. The number of aromatic nitrogens is 1. The van der Waals surface area contributed by atoms with Crippen LogP contribution in [0.4, 0.5) is 0 Å². The predicted octanol–water partition coefficient (Wildman–Crippen LogP) is 4.21. The van der Waals surface area contributed by atoms with E-state index in [9.17, 15) is 9.59 Å². The Morgan fingerprint density at radius 1 is 0.967 bits per heavy atom. The lowest BCUT2D eigenvalue weighted by Crippen LogP contribution is -2.17. The van der Waals surface area contributed by atoms with Crippen LogP contribution < -0.4 is 9.47 Å². The molecule has 6 heteroatoms. The van der Waals surface area contributed by atoms with Gasteiger partial charge in [0.05, 0.1) is 5.56 Å². The van der Waals surface area contributed by atoms with Crippen LogP contribution >= 0.6 is 0 Å². The normalized spacial score (nSPS) is 12.5. The van der Waals surface area contributed by atoms with Gasteiger partial charge in [0.2, 0.25) is 0 Å². The zero-order valence-corrected chi connectivity index (χ0v) is 17.2. The van der Waals surface area contributed by atoms with Crippen LogP contribution in [-0.2, 0) is 4.74 Å². The van der Waals surface area contributed by atoms with Crippen LogP contribution in [0, 0.1) is 20.8 Å². The number of ether oxygens (including phenoxy) is 3. The van der Waals surface area contributed by atoms with E-state index in [-0.39, 0.29) is 12.4 Å². The molecule has 0 radical (unpaired) electrons. The highest BCUT2D eigenvalue weighted by Crippen LogP contribution is 2.31. The molecule has 0 unspecified atom stereocenters. The van der Waals surface area contributed by atoms with E-state index in [4.69, 9.17) is 14.2 Å². The van der Waals surface area contributed by atoms with Gasteiger partial charge in [0, 0.05) is 22.6 Å². The minimum Gasteiger partial charge on any atom is -0.486 e. The van der Waals surface area contributed by atoms with E-state index in [1.807, 2.05) is 49.6 Å². The van der Waals surface area contributed by atoms with Crippen molar-refractivity contribution in [1.29, 1.82) is 0 Å².